The Bertz CT molecular complexity index is 177. The van der Waals surface area contributed by atoms with Gasteiger partial charge in [0.1, 0.15) is 0 Å². The number of likely N-dealkylation sites (tertiary alicyclic amines) is 1. The van der Waals surface area contributed by atoms with Crippen molar-refractivity contribution in [3.8, 4) is 0 Å². The Morgan fingerprint density at radius 3 is 2.20 bits per heavy atom. The first-order valence-electron chi connectivity index (χ1n) is 5.62. The number of ether oxygens (including phenoxy) is 1. The van der Waals surface area contributed by atoms with Gasteiger partial charge in [0.25, 0.3) is 6.16 Å². The molecule has 4 nitrogen and oxygen atoms in total. The molecule has 0 radical (unpaired) electrons. The Kier molecular flexibility index (Phi) is 7.13. The third kappa shape index (κ3) is 7.19. The minimum Gasteiger partial charge on any atom is -0.553 e. The number of carboxylic acid groups (broad SMARTS) is 1. The first kappa shape index (κ1) is 14.2. The number of nitrogens with zero attached hydrogens (tertiary/aromatic N) is 1. The number of rotatable bonds is 3. The van der Waals surface area contributed by atoms with Crippen LogP contribution in [0.5, 0.6) is 0 Å². The molecule has 0 N–H and O–H groups in total. The van der Waals surface area contributed by atoms with E-state index in [-0.39, 0.29) is 0 Å². The SMILES string of the molecule is CCCC[N+]1(C)CCCC1.COC(=O)[O-]. The maximum absolute atomic E-state index is 9.03. The van der Waals surface area contributed by atoms with Crippen molar-refractivity contribution in [2.75, 3.05) is 33.8 Å². The molecule has 0 aromatic carbocycles. The minimum atomic E-state index is -1.50. The summed E-state index contributed by atoms with van der Waals surface area (Å²) in [6, 6.07) is 0. The fraction of sp³-hybridized carbons (Fsp3) is 0.909. The van der Waals surface area contributed by atoms with Crippen LogP contribution in [0.25, 0.3) is 0 Å². The van der Waals surface area contributed by atoms with Crippen molar-refractivity contribution in [2.24, 2.45) is 0 Å². The zero-order valence-corrected chi connectivity index (χ0v) is 10.1. The van der Waals surface area contributed by atoms with Gasteiger partial charge in [-0.3, -0.25) is 0 Å². The fourth-order valence-corrected chi connectivity index (χ4v) is 1.86. The number of carbonyl (C=O) groups is 1. The summed E-state index contributed by atoms with van der Waals surface area (Å²) in [5, 5.41) is 9.03. The molecule has 0 saturated carbocycles. The second-order valence-corrected chi connectivity index (χ2v) is 4.31. The van der Waals surface area contributed by atoms with Gasteiger partial charge in [0.2, 0.25) is 0 Å². The predicted octanol–water partition coefficient (Wildman–Crippen LogP) is 1.00. The van der Waals surface area contributed by atoms with Crippen molar-refractivity contribution in [3.63, 3.8) is 0 Å². The second kappa shape index (κ2) is 7.51. The lowest BCUT2D eigenvalue weighted by Gasteiger charge is -2.28. The number of unbranched alkanes of at least 4 members (excludes halogenated alkanes) is 1. The maximum Gasteiger partial charge on any atom is 0.251 e. The molecule has 0 amide bonds. The van der Waals surface area contributed by atoms with E-state index in [4.69, 9.17) is 9.90 Å². The van der Waals surface area contributed by atoms with Crippen molar-refractivity contribution in [2.45, 2.75) is 32.6 Å². The van der Waals surface area contributed by atoms with Crippen molar-refractivity contribution in [3.05, 3.63) is 0 Å². The predicted molar refractivity (Wildman–Crippen MR) is 57.3 cm³/mol. The van der Waals surface area contributed by atoms with Gasteiger partial charge in [-0.1, -0.05) is 13.3 Å². The molecule has 0 aliphatic carbocycles. The largest absolute Gasteiger partial charge is 0.553 e. The standard InChI is InChI=1S/C9H20N.C2H4O3/c1-3-4-7-10(2)8-5-6-9-10;1-5-2(3)4/h3-9H2,1-2H3;1H3,(H,3,4)/q+1;/p-1. The average Bonchev–Trinajstić information content (AvgIpc) is 2.64. The van der Waals surface area contributed by atoms with Gasteiger partial charge in [0, 0.05) is 20.0 Å². The number of carbonyl (C=O) groups excluding carboxylic acids is 1. The zero-order chi connectivity index (χ0) is 11.7. The van der Waals surface area contributed by atoms with Gasteiger partial charge in [0.15, 0.2) is 0 Å². The number of quaternary nitrogens is 1. The molecule has 1 aliphatic rings. The Balaban J connectivity index is 0.000000336. The highest BCUT2D eigenvalue weighted by Crippen LogP contribution is 2.16. The van der Waals surface area contributed by atoms with Gasteiger partial charge >= 0.3 is 0 Å². The topological polar surface area (TPSA) is 49.4 Å². The lowest BCUT2D eigenvalue weighted by molar-refractivity contribution is -0.897. The quantitative estimate of drug-likeness (QED) is 0.523. The third-order valence-corrected chi connectivity index (χ3v) is 2.86. The molecule has 1 fully saturated rings. The maximum atomic E-state index is 9.03. The van der Waals surface area contributed by atoms with Crippen molar-refractivity contribution >= 4 is 6.16 Å². The van der Waals surface area contributed by atoms with E-state index in [0.717, 1.165) is 7.11 Å². The average molecular weight is 217 g/mol. The molecular formula is C11H23NO3. The molecule has 90 valence electrons. The highest BCUT2D eigenvalue weighted by molar-refractivity contribution is 5.53. The summed E-state index contributed by atoms with van der Waals surface area (Å²) in [5.41, 5.74) is 0. The molecule has 0 bridgehead atoms. The van der Waals surface area contributed by atoms with Crippen LogP contribution in [0.4, 0.5) is 4.79 Å². The van der Waals surface area contributed by atoms with Gasteiger partial charge in [-0.25, -0.2) is 0 Å². The minimum absolute atomic E-state index is 1.04. The monoisotopic (exact) mass is 217 g/mol. The van der Waals surface area contributed by atoms with Gasteiger partial charge in [-0.15, -0.1) is 0 Å². The van der Waals surface area contributed by atoms with Gasteiger partial charge in [-0.05, 0) is 6.42 Å². The lowest BCUT2D eigenvalue weighted by atomic mass is 10.3. The van der Waals surface area contributed by atoms with Crippen LogP contribution in [-0.4, -0.2) is 44.4 Å². The van der Waals surface area contributed by atoms with E-state index >= 15 is 0 Å². The summed E-state index contributed by atoms with van der Waals surface area (Å²) in [7, 11) is 3.44. The smallest absolute Gasteiger partial charge is 0.251 e. The first-order valence-corrected chi connectivity index (χ1v) is 5.62. The molecule has 0 atom stereocenters. The van der Waals surface area contributed by atoms with Crippen molar-refractivity contribution in [1.29, 1.82) is 0 Å². The van der Waals surface area contributed by atoms with Gasteiger partial charge in [0.05, 0.1) is 26.7 Å². The molecule has 1 rings (SSSR count). The first-order chi connectivity index (χ1) is 7.04. The molecular weight excluding hydrogens is 194 g/mol. The Hall–Kier alpha value is -0.770. The summed E-state index contributed by atoms with van der Waals surface area (Å²) < 4.78 is 4.91. The van der Waals surface area contributed by atoms with Crippen LogP contribution in [0.2, 0.25) is 0 Å². The summed E-state index contributed by atoms with van der Waals surface area (Å²) in [6.45, 7) is 6.55. The van der Waals surface area contributed by atoms with Crippen molar-refractivity contribution < 1.29 is 19.1 Å². The number of hydrogen-bond acceptors (Lipinski definition) is 3. The number of methoxy groups -OCH3 is 1. The normalized spacial score (nSPS) is 17.8. The third-order valence-electron chi connectivity index (χ3n) is 2.86. The fourth-order valence-electron chi connectivity index (χ4n) is 1.86. The lowest BCUT2D eigenvalue weighted by Crippen LogP contribution is -2.41. The van der Waals surface area contributed by atoms with Crippen LogP contribution in [0.1, 0.15) is 32.6 Å². The molecule has 15 heavy (non-hydrogen) atoms. The summed E-state index contributed by atoms with van der Waals surface area (Å²) >= 11 is 0. The van der Waals surface area contributed by atoms with E-state index in [1.54, 1.807) is 0 Å². The zero-order valence-electron chi connectivity index (χ0n) is 10.1. The molecule has 1 saturated heterocycles. The molecule has 1 aliphatic heterocycles. The summed E-state index contributed by atoms with van der Waals surface area (Å²) in [4.78, 5) is 9.03. The van der Waals surface area contributed by atoms with Crippen LogP contribution in [0, 0.1) is 0 Å². The number of hydrogen-bond donors (Lipinski definition) is 0. The molecule has 4 heteroatoms. The van der Waals surface area contributed by atoms with Crippen molar-refractivity contribution in [1.82, 2.24) is 0 Å². The van der Waals surface area contributed by atoms with E-state index in [1.165, 1.54) is 49.8 Å². The van der Waals surface area contributed by atoms with E-state index in [0.29, 0.717) is 0 Å². The molecule has 0 spiro atoms. The highest BCUT2D eigenvalue weighted by Gasteiger charge is 2.25. The summed E-state index contributed by atoms with van der Waals surface area (Å²) in [5.74, 6) is 0. The van der Waals surface area contributed by atoms with E-state index in [1.807, 2.05) is 0 Å². The van der Waals surface area contributed by atoms with E-state index < -0.39 is 6.16 Å². The molecule has 0 unspecified atom stereocenters. The summed E-state index contributed by atoms with van der Waals surface area (Å²) in [6.07, 6.45) is 4.19. The molecule has 1 heterocycles. The van der Waals surface area contributed by atoms with Crippen LogP contribution in [0.15, 0.2) is 0 Å². The highest BCUT2D eigenvalue weighted by atomic mass is 16.6. The molecule has 0 aromatic rings. The Labute approximate surface area is 92.4 Å². The molecule has 0 aromatic heterocycles. The second-order valence-electron chi connectivity index (χ2n) is 4.31. The van der Waals surface area contributed by atoms with E-state index in [2.05, 4.69) is 18.7 Å². The Morgan fingerprint density at radius 2 is 1.87 bits per heavy atom. The van der Waals surface area contributed by atoms with E-state index in [9.17, 15) is 0 Å². The van der Waals surface area contributed by atoms with Gasteiger partial charge in [-0.2, -0.15) is 0 Å². The van der Waals surface area contributed by atoms with Crippen LogP contribution in [-0.2, 0) is 4.74 Å². The Morgan fingerprint density at radius 1 is 1.40 bits per heavy atom. The van der Waals surface area contributed by atoms with Gasteiger partial charge < -0.3 is 19.1 Å². The van der Waals surface area contributed by atoms with Crippen LogP contribution in [0.3, 0.4) is 0 Å². The van der Waals surface area contributed by atoms with Crippen LogP contribution < -0.4 is 5.11 Å². The van der Waals surface area contributed by atoms with Crippen LogP contribution >= 0.6 is 0 Å².